The van der Waals surface area contributed by atoms with Crippen LogP contribution in [0.1, 0.15) is 9.80 Å². The van der Waals surface area contributed by atoms with Gasteiger partial charge in [-0.3, -0.25) is 4.79 Å². The normalized spacial score (nSPS) is 10.2. The molecule has 3 rings (SSSR count). The zero-order valence-corrected chi connectivity index (χ0v) is 11.4. The first-order valence-corrected chi connectivity index (χ1v) is 7.07. The molecule has 1 aromatic heterocycles. The highest BCUT2D eigenvalue weighted by Gasteiger charge is 2.08. The lowest BCUT2D eigenvalue weighted by molar-refractivity contribution is 0.102. The highest BCUT2D eigenvalue weighted by molar-refractivity contribution is 7.11. The van der Waals surface area contributed by atoms with E-state index in [1.807, 2.05) is 54.6 Å². The van der Waals surface area contributed by atoms with Gasteiger partial charge in [0.05, 0.1) is 0 Å². The van der Waals surface area contributed by atoms with Gasteiger partial charge in [0.25, 0.3) is 5.91 Å². The van der Waals surface area contributed by atoms with Gasteiger partial charge >= 0.3 is 0 Å². The van der Waals surface area contributed by atoms with Crippen LogP contribution in [-0.4, -0.2) is 10.9 Å². The summed E-state index contributed by atoms with van der Waals surface area (Å²) in [6.45, 7) is 0. The molecule has 1 heterocycles. The van der Waals surface area contributed by atoms with Crippen molar-refractivity contribution in [3.05, 3.63) is 71.2 Å². The van der Waals surface area contributed by atoms with Crippen molar-refractivity contribution in [2.45, 2.75) is 0 Å². The molecule has 3 nitrogen and oxygen atoms in total. The minimum atomic E-state index is -0.176. The van der Waals surface area contributed by atoms with Gasteiger partial charge in [0, 0.05) is 17.3 Å². The van der Waals surface area contributed by atoms with Crippen molar-refractivity contribution in [2.24, 2.45) is 0 Å². The fourth-order valence-corrected chi connectivity index (χ4v) is 2.46. The van der Waals surface area contributed by atoms with E-state index in [0.29, 0.717) is 5.01 Å². The van der Waals surface area contributed by atoms with Crippen LogP contribution in [0.5, 0.6) is 0 Å². The number of anilines is 1. The van der Waals surface area contributed by atoms with Crippen LogP contribution in [0.2, 0.25) is 0 Å². The van der Waals surface area contributed by atoms with Crippen molar-refractivity contribution in [3.8, 4) is 11.1 Å². The van der Waals surface area contributed by atoms with Crippen LogP contribution >= 0.6 is 11.3 Å². The van der Waals surface area contributed by atoms with Gasteiger partial charge in [0.15, 0.2) is 5.01 Å². The first-order chi connectivity index (χ1) is 9.83. The van der Waals surface area contributed by atoms with Crippen LogP contribution in [0, 0.1) is 0 Å². The molecule has 0 saturated carbocycles. The zero-order valence-electron chi connectivity index (χ0n) is 10.6. The topological polar surface area (TPSA) is 42.0 Å². The fourth-order valence-electron chi connectivity index (χ4n) is 1.93. The Kier molecular flexibility index (Phi) is 3.56. The van der Waals surface area contributed by atoms with Crippen LogP contribution < -0.4 is 5.32 Å². The second-order valence-electron chi connectivity index (χ2n) is 4.24. The summed E-state index contributed by atoms with van der Waals surface area (Å²) in [7, 11) is 0. The standard InChI is InChI=1S/C16H12N2OS/c19-15(16-17-9-10-20-16)18-14-8-4-7-13(11-14)12-5-2-1-3-6-12/h1-11H,(H,18,19). The Morgan fingerprint density at radius 1 is 1.00 bits per heavy atom. The summed E-state index contributed by atoms with van der Waals surface area (Å²) >= 11 is 1.33. The van der Waals surface area contributed by atoms with Crippen molar-refractivity contribution < 1.29 is 4.79 Å². The van der Waals surface area contributed by atoms with E-state index in [0.717, 1.165) is 16.8 Å². The number of nitrogens with zero attached hydrogens (tertiary/aromatic N) is 1. The molecule has 0 unspecified atom stereocenters. The Bertz CT molecular complexity index is 708. The van der Waals surface area contributed by atoms with Gasteiger partial charge in [-0.15, -0.1) is 11.3 Å². The number of aromatic nitrogens is 1. The van der Waals surface area contributed by atoms with E-state index in [-0.39, 0.29) is 5.91 Å². The molecule has 1 N–H and O–H groups in total. The van der Waals surface area contributed by atoms with Gasteiger partial charge in [0.1, 0.15) is 0 Å². The van der Waals surface area contributed by atoms with Gasteiger partial charge in [-0.1, -0.05) is 42.5 Å². The third-order valence-corrected chi connectivity index (χ3v) is 3.63. The third kappa shape index (κ3) is 2.75. The minimum Gasteiger partial charge on any atom is -0.320 e. The summed E-state index contributed by atoms with van der Waals surface area (Å²) in [6, 6.07) is 17.8. The van der Waals surface area contributed by atoms with Crippen LogP contribution in [0.4, 0.5) is 5.69 Å². The molecule has 0 fully saturated rings. The van der Waals surface area contributed by atoms with Crippen molar-refractivity contribution in [1.29, 1.82) is 0 Å². The maximum Gasteiger partial charge on any atom is 0.284 e. The molecule has 0 aliphatic carbocycles. The second-order valence-corrected chi connectivity index (χ2v) is 5.13. The smallest absolute Gasteiger partial charge is 0.284 e. The summed E-state index contributed by atoms with van der Waals surface area (Å²) in [4.78, 5) is 16.0. The van der Waals surface area contributed by atoms with Gasteiger partial charge in [-0.25, -0.2) is 4.98 Å². The lowest BCUT2D eigenvalue weighted by atomic mass is 10.1. The maximum absolute atomic E-state index is 12.0. The Hall–Kier alpha value is -2.46. The molecule has 0 aliphatic heterocycles. The molecule has 0 atom stereocenters. The fraction of sp³-hybridized carbons (Fsp3) is 0. The van der Waals surface area contributed by atoms with Crippen LogP contribution in [0.25, 0.3) is 11.1 Å². The second kappa shape index (κ2) is 5.67. The lowest BCUT2D eigenvalue weighted by Gasteiger charge is -2.06. The summed E-state index contributed by atoms with van der Waals surface area (Å²) in [6.07, 6.45) is 1.62. The Balaban J connectivity index is 1.83. The average molecular weight is 280 g/mol. The SMILES string of the molecule is O=C(Nc1cccc(-c2ccccc2)c1)c1nccs1. The quantitative estimate of drug-likeness (QED) is 0.786. The zero-order chi connectivity index (χ0) is 13.8. The summed E-state index contributed by atoms with van der Waals surface area (Å²) in [5.41, 5.74) is 2.96. The Morgan fingerprint density at radius 2 is 1.80 bits per heavy atom. The summed E-state index contributed by atoms with van der Waals surface area (Å²) in [5.74, 6) is -0.176. The molecule has 3 aromatic rings. The predicted molar refractivity (Wildman–Crippen MR) is 81.9 cm³/mol. The van der Waals surface area contributed by atoms with E-state index in [2.05, 4.69) is 10.3 Å². The van der Waals surface area contributed by atoms with Crippen LogP contribution in [0.15, 0.2) is 66.2 Å². The van der Waals surface area contributed by atoms with Crippen molar-refractivity contribution in [2.75, 3.05) is 5.32 Å². The van der Waals surface area contributed by atoms with E-state index >= 15 is 0 Å². The Labute approximate surface area is 120 Å². The van der Waals surface area contributed by atoms with Gasteiger partial charge in [-0.2, -0.15) is 0 Å². The van der Waals surface area contributed by atoms with Crippen molar-refractivity contribution >= 4 is 22.9 Å². The molecule has 20 heavy (non-hydrogen) atoms. The van der Waals surface area contributed by atoms with Crippen LogP contribution in [-0.2, 0) is 0 Å². The number of nitrogens with one attached hydrogen (secondary N) is 1. The van der Waals surface area contributed by atoms with Gasteiger partial charge < -0.3 is 5.32 Å². The number of amides is 1. The van der Waals surface area contributed by atoms with E-state index in [9.17, 15) is 4.79 Å². The molecule has 0 radical (unpaired) electrons. The average Bonchev–Trinajstić information content (AvgIpc) is 3.03. The number of thiazole rings is 1. The van der Waals surface area contributed by atoms with Crippen molar-refractivity contribution in [1.82, 2.24) is 4.98 Å². The third-order valence-electron chi connectivity index (χ3n) is 2.85. The summed E-state index contributed by atoms with van der Waals surface area (Å²) in [5, 5.41) is 5.12. The molecular formula is C16H12N2OS. The first-order valence-electron chi connectivity index (χ1n) is 6.19. The molecule has 1 amide bonds. The van der Waals surface area contributed by atoms with Gasteiger partial charge in [-0.05, 0) is 23.3 Å². The molecule has 0 spiro atoms. The molecule has 98 valence electrons. The molecule has 0 saturated heterocycles. The number of hydrogen-bond donors (Lipinski definition) is 1. The Morgan fingerprint density at radius 3 is 2.55 bits per heavy atom. The van der Waals surface area contributed by atoms with Crippen molar-refractivity contribution in [3.63, 3.8) is 0 Å². The number of rotatable bonds is 3. The molecule has 0 aliphatic rings. The highest BCUT2D eigenvalue weighted by Crippen LogP contribution is 2.22. The number of hydrogen-bond acceptors (Lipinski definition) is 3. The predicted octanol–water partition coefficient (Wildman–Crippen LogP) is 4.06. The minimum absolute atomic E-state index is 0.176. The van der Waals surface area contributed by atoms with E-state index < -0.39 is 0 Å². The number of carbonyl (C=O) groups excluding carboxylic acids is 1. The lowest BCUT2D eigenvalue weighted by Crippen LogP contribution is -2.11. The monoisotopic (exact) mass is 280 g/mol. The van der Waals surface area contributed by atoms with E-state index in [1.165, 1.54) is 11.3 Å². The van der Waals surface area contributed by atoms with E-state index in [4.69, 9.17) is 0 Å². The first kappa shape index (κ1) is 12.6. The molecule has 4 heteroatoms. The van der Waals surface area contributed by atoms with E-state index in [1.54, 1.807) is 11.6 Å². The summed E-state index contributed by atoms with van der Waals surface area (Å²) < 4.78 is 0. The molecule has 2 aromatic carbocycles. The van der Waals surface area contributed by atoms with Crippen LogP contribution in [0.3, 0.4) is 0 Å². The number of carbonyl (C=O) groups is 1. The number of benzene rings is 2. The largest absolute Gasteiger partial charge is 0.320 e. The maximum atomic E-state index is 12.0. The highest BCUT2D eigenvalue weighted by atomic mass is 32.1. The molecular weight excluding hydrogens is 268 g/mol. The molecule has 0 bridgehead atoms. The van der Waals surface area contributed by atoms with Gasteiger partial charge in [0.2, 0.25) is 0 Å².